The highest BCUT2D eigenvalue weighted by molar-refractivity contribution is 6.33. The fourth-order valence-electron chi connectivity index (χ4n) is 2.51. The molecule has 8 heteroatoms. The number of hydrogen-bond acceptors (Lipinski definition) is 3. The average Bonchev–Trinajstić information content (AvgIpc) is 3.15. The van der Waals surface area contributed by atoms with Crippen LogP contribution in [0.4, 0.5) is 5.82 Å². The lowest BCUT2D eigenvalue weighted by Gasteiger charge is -2.14. The van der Waals surface area contributed by atoms with Crippen molar-refractivity contribution in [2.24, 2.45) is 0 Å². The second-order valence-corrected chi connectivity index (χ2v) is 6.40. The molecule has 0 spiro atoms. The zero-order valence-corrected chi connectivity index (χ0v) is 15.1. The highest BCUT2D eigenvalue weighted by Gasteiger charge is 2.21. The lowest BCUT2D eigenvalue weighted by Crippen LogP contribution is -2.26. The summed E-state index contributed by atoms with van der Waals surface area (Å²) < 4.78 is 3.23. The van der Waals surface area contributed by atoms with Gasteiger partial charge in [-0.1, -0.05) is 60.5 Å². The van der Waals surface area contributed by atoms with Gasteiger partial charge in [0.15, 0.2) is 5.82 Å². The highest BCUT2D eigenvalue weighted by Crippen LogP contribution is 2.22. The number of carbonyl (C=O) groups excluding carboxylic acids is 1. The van der Waals surface area contributed by atoms with Crippen molar-refractivity contribution in [3.05, 3.63) is 64.5 Å². The number of nitrogens with zero attached hydrogens (tertiary/aromatic N) is 4. The zero-order chi connectivity index (χ0) is 17.8. The molecule has 25 heavy (non-hydrogen) atoms. The summed E-state index contributed by atoms with van der Waals surface area (Å²) in [6.07, 6.45) is 5.37. The van der Waals surface area contributed by atoms with Gasteiger partial charge in [0.25, 0.3) is 0 Å². The van der Waals surface area contributed by atoms with Crippen molar-refractivity contribution in [3.63, 3.8) is 0 Å². The predicted molar refractivity (Wildman–Crippen MR) is 98.0 cm³/mol. The number of nitrogens with one attached hydrogen (secondary N) is 1. The van der Waals surface area contributed by atoms with E-state index in [4.69, 9.17) is 23.2 Å². The minimum absolute atomic E-state index is 0.242. The molecule has 3 rings (SSSR count). The first-order valence-electron chi connectivity index (χ1n) is 7.84. The largest absolute Gasteiger partial charge is 0.306 e. The Morgan fingerprint density at radius 1 is 1.24 bits per heavy atom. The van der Waals surface area contributed by atoms with Gasteiger partial charge in [-0.05, 0) is 12.0 Å². The number of amides is 1. The molecule has 1 amide bonds. The van der Waals surface area contributed by atoms with Crippen LogP contribution in [-0.4, -0.2) is 25.5 Å². The molecule has 1 aromatic carbocycles. The third-order valence-electron chi connectivity index (χ3n) is 3.72. The SMILES string of the molecule is CCC(C(=O)Nc1nn(Cc2ccccc2)cc1Cl)n1cc(Cl)cn1. The number of aromatic nitrogens is 4. The Morgan fingerprint density at radius 2 is 2.00 bits per heavy atom. The van der Waals surface area contributed by atoms with Crippen LogP contribution in [0.15, 0.2) is 48.9 Å². The van der Waals surface area contributed by atoms with Crippen LogP contribution in [0.1, 0.15) is 24.9 Å². The fraction of sp³-hybridized carbons (Fsp3) is 0.235. The minimum atomic E-state index is -0.483. The molecule has 0 fully saturated rings. The van der Waals surface area contributed by atoms with Crippen LogP contribution in [0.3, 0.4) is 0 Å². The van der Waals surface area contributed by atoms with Crippen molar-refractivity contribution in [2.45, 2.75) is 25.9 Å². The van der Waals surface area contributed by atoms with Crippen LogP contribution >= 0.6 is 23.2 Å². The number of hydrogen-bond donors (Lipinski definition) is 1. The zero-order valence-electron chi connectivity index (χ0n) is 13.6. The van der Waals surface area contributed by atoms with Crippen LogP contribution in [0.25, 0.3) is 0 Å². The third-order valence-corrected chi connectivity index (χ3v) is 4.20. The van der Waals surface area contributed by atoms with Gasteiger partial charge in [0, 0.05) is 12.4 Å². The number of benzene rings is 1. The molecule has 2 heterocycles. The van der Waals surface area contributed by atoms with Gasteiger partial charge >= 0.3 is 0 Å². The van der Waals surface area contributed by atoms with E-state index in [2.05, 4.69) is 15.5 Å². The molecule has 6 nitrogen and oxygen atoms in total. The van der Waals surface area contributed by atoms with Crippen molar-refractivity contribution >= 4 is 34.9 Å². The van der Waals surface area contributed by atoms with E-state index in [1.807, 2.05) is 37.3 Å². The first-order valence-corrected chi connectivity index (χ1v) is 8.59. The molecular weight excluding hydrogens is 361 g/mol. The molecule has 0 bridgehead atoms. The van der Waals surface area contributed by atoms with E-state index in [9.17, 15) is 4.79 Å². The predicted octanol–water partition coefficient (Wildman–Crippen LogP) is 4.02. The smallest absolute Gasteiger partial charge is 0.250 e. The number of anilines is 1. The Morgan fingerprint density at radius 3 is 2.64 bits per heavy atom. The Labute approximate surface area is 155 Å². The van der Waals surface area contributed by atoms with Gasteiger partial charge in [-0.25, -0.2) is 0 Å². The summed E-state index contributed by atoms with van der Waals surface area (Å²) >= 11 is 12.1. The van der Waals surface area contributed by atoms with E-state index >= 15 is 0 Å². The van der Waals surface area contributed by atoms with Crippen molar-refractivity contribution in [3.8, 4) is 0 Å². The van der Waals surface area contributed by atoms with Gasteiger partial charge < -0.3 is 5.32 Å². The lowest BCUT2D eigenvalue weighted by molar-refractivity contribution is -0.119. The monoisotopic (exact) mass is 377 g/mol. The molecule has 1 N–H and O–H groups in total. The van der Waals surface area contributed by atoms with Gasteiger partial charge in [0.1, 0.15) is 11.1 Å². The van der Waals surface area contributed by atoms with Crippen molar-refractivity contribution in [1.82, 2.24) is 19.6 Å². The van der Waals surface area contributed by atoms with Crippen molar-refractivity contribution in [2.75, 3.05) is 5.32 Å². The van der Waals surface area contributed by atoms with Crippen LogP contribution in [0.5, 0.6) is 0 Å². The van der Waals surface area contributed by atoms with Crippen molar-refractivity contribution < 1.29 is 4.79 Å². The molecule has 0 radical (unpaired) electrons. The number of halogens is 2. The van der Waals surface area contributed by atoms with Crippen LogP contribution < -0.4 is 5.32 Å². The first-order chi connectivity index (χ1) is 12.1. The molecule has 0 aliphatic heterocycles. The number of carbonyl (C=O) groups is 1. The summed E-state index contributed by atoms with van der Waals surface area (Å²) in [5.41, 5.74) is 1.09. The maximum Gasteiger partial charge on any atom is 0.250 e. The maximum absolute atomic E-state index is 12.6. The summed E-state index contributed by atoms with van der Waals surface area (Å²) in [7, 11) is 0. The van der Waals surface area contributed by atoms with E-state index in [-0.39, 0.29) is 5.91 Å². The van der Waals surface area contributed by atoms with Crippen LogP contribution in [0, 0.1) is 0 Å². The van der Waals surface area contributed by atoms with Gasteiger partial charge in [-0.3, -0.25) is 14.2 Å². The summed E-state index contributed by atoms with van der Waals surface area (Å²) in [6, 6.07) is 9.40. The highest BCUT2D eigenvalue weighted by atomic mass is 35.5. The summed E-state index contributed by atoms with van der Waals surface area (Å²) in [5, 5.41) is 12.1. The average molecular weight is 378 g/mol. The summed E-state index contributed by atoms with van der Waals surface area (Å²) in [5.74, 6) is 0.0911. The summed E-state index contributed by atoms with van der Waals surface area (Å²) in [4.78, 5) is 12.6. The van der Waals surface area contributed by atoms with E-state index in [0.717, 1.165) is 5.56 Å². The van der Waals surface area contributed by atoms with Gasteiger partial charge in [0.05, 0.1) is 17.8 Å². The third kappa shape index (κ3) is 4.21. The van der Waals surface area contributed by atoms with Gasteiger partial charge in [0.2, 0.25) is 5.91 Å². The molecule has 130 valence electrons. The Balaban J connectivity index is 1.72. The van der Waals surface area contributed by atoms with Crippen LogP contribution in [0.2, 0.25) is 10.0 Å². The quantitative estimate of drug-likeness (QED) is 0.705. The lowest BCUT2D eigenvalue weighted by atomic mass is 10.2. The Hall–Kier alpha value is -2.31. The minimum Gasteiger partial charge on any atom is -0.306 e. The summed E-state index contributed by atoms with van der Waals surface area (Å²) in [6.45, 7) is 2.47. The standard InChI is InChI=1S/C17H17Cl2N5O/c1-2-15(24-10-13(18)8-20-24)17(25)21-16-14(19)11-23(22-16)9-12-6-4-3-5-7-12/h3-8,10-11,15H,2,9H2,1H3,(H,21,22,25). The molecular formula is C17H17Cl2N5O. The molecule has 0 aliphatic rings. The molecule has 1 atom stereocenters. The fourth-order valence-corrected chi connectivity index (χ4v) is 2.85. The van der Waals surface area contributed by atoms with Gasteiger partial charge in [-0.15, -0.1) is 0 Å². The maximum atomic E-state index is 12.6. The second kappa shape index (κ2) is 7.72. The van der Waals surface area contributed by atoms with Gasteiger partial charge in [-0.2, -0.15) is 10.2 Å². The molecule has 0 saturated carbocycles. The topological polar surface area (TPSA) is 64.7 Å². The number of rotatable bonds is 6. The van der Waals surface area contributed by atoms with E-state index in [1.165, 1.54) is 10.9 Å². The first kappa shape index (κ1) is 17.5. The second-order valence-electron chi connectivity index (χ2n) is 5.56. The molecule has 1 unspecified atom stereocenters. The normalized spacial score (nSPS) is 12.1. The van der Waals surface area contributed by atoms with Crippen LogP contribution in [-0.2, 0) is 11.3 Å². The molecule has 0 aliphatic carbocycles. The van der Waals surface area contributed by atoms with E-state index < -0.39 is 6.04 Å². The molecule has 2 aromatic heterocycles. The Kier molecular flexibility index (Phi) is 5.40. The molecule has 0 saturated heterocycles. The molecule has 3 aromatic rings. The van der Waals surface area contributed by atoms with Crippen molar-refractivity contribution in [1.29, 1.82) is 0 Å². The van der Waals surface area contributed by atoms with E-state index in [1.54, 1.807) is 17.1 Å². The van der Waals surface area contributed by atoms with E-state index in [0.29, 0.717) is 28.8 Å². The Bertz CT molecular complexity index is 859.